The van der Waals surface area contributed by atoms with Gasteiger partial charge in [0.25, 0.3) is 11.8 Å². The molecule has 0 radical (unpaired) electrons. The van der Waals surface area contributed by atoms with Crippen LogP contribution in [0.5, 0.6) is 0 Å². The number of amides is 2. The van der Waals surface area contributed by atoms with E-state index in [0.717, 1.165) is 22.3 Å². The van der Waals surface area contributed by atoms with Gasteiger partial charge in [-0.3, -0.25) is 20.4 Å². The summed E-state index contributed by atoms with van der Waals surface area (Å²) in [5.41, 5.74) is 9.43. The number of carbonyl (C=O) groups excluding carboxylic acids is 2. The van der Waals surface area contributed by atoms with Crippen molar-refractivity contribution in [2.24, 2.45) is 0 Å². The van der Waals surface area contributed by atoms with Gasteiger partial charge in [0.2, 0.25) is 0 Å². The van der Waals surface area contributed by atoms with Crippen LogP contribution in [0.4, 0.5) is 0 Å². The summed E-state index contributed by atoms with van der Waals surface area (Å²) in [6.45, 7) is 1.88. The van der Waals surface area contributed by atoms with Crippen molar-refractivity contribution in [3.8, 4) is 11.1 Å². The van der Waals surface area contributed by atoms with Crippen LogP contribution in [-0.4, -0.2) is 11.8 Å². The Labute approximate surface area is 177 Å². The quantitative estimate of drug-likeness (QED) is 0.413. The van der Waals surface area contributed by atoms with Crippen LogP contribution in [0.15, 0.2) is 66.7 Å². The number of carbonyl (C=O) groups is 2. The second kappa shape index (κ2) is 9.04. The third-order valence-electron chi connectivity index (χ3n) is 4.38. The minimum atomic E-state index is -0.474. The fourth-order valence-corrected chi connectivity index (χ4v) is 3.44. The molecule has 6 heteroatoms. The summed E-state index contributed by atoms with van der Waals surface area (Å²) in [4.78, 5) is 25.0. The predicted octanol–water partition coefficient (Wildman–Crippen LogP) is 5.29. The zero-order valence-corrected chi connectivity index (χ0v) is 17.5. The van der Waals surface area contributed by atoms with Gasteiger partial charge in [-0.05, 0) is 47.4 Å². The Morgan fingerprint density at radius 3 is 2.25 bits per heavy atom. The first-order chi connectivity index (χ1) is 13.5. The van der Waals surface area contributed by atoms with Crippen LogP contribution in [0.25, 0.3) is 11.1 Å². The number of hydrazine groups is 1. The van der Waals surface area contributed by atoms with E-state index in [2.05, 4.69) is 26.8 Å². The van der Waals surface area contributed by atoms with Crippen molar-refractivity contribution in [1.82, 2.24) is 10.9 Å². The van der Waals surface area contributed by atoms with Gasteiger partial charge in [-0.15, -0.1) is 0 Å². The zero-order valence-electron chi connectivity index (χ0n) is 15.1. The van der Waals surface area contributed by atoms with Crippen molar-refractivity contribution in [2.45, 2.75) is 12.3 Å². The molecule has 2 amide bonds. The van der Waals surface area contributed by atoms with Gasteiger partial charge in [0.1, 0.15) is 0 Å². The second-order valence-corrected chi connectivity index (χ2v) is 7.17. The number of halogens is 2. The number of hydrogen-bond donors (Lipinski definition) is 2. The fraction of sp³-hybridized carbons (Fsp3) is 0.0909. The number of benzene rings is 3. The normalized spacial score (nSPS) is 10.4. The highest BCUT2D eigenvalue weighted by Gasteiger charge is 2.15. The molecule has 0 atom stereocenters. The highest BCUT2D eigenvalue weighted by atomic mass is 79.9. The Kier molecular flexibility index (Phi) is 6.49. The third-order valence-corrected chi connectivity index (χ3v) is 5.36. The van der Waals surface area contributed by atoms with Crippen molar-refractivity contribution in [2.75, 3.05) is 0 Å². The van der Waals surface area contributed by atoms with E-state index in [1.165, 1.54) is 0 Å². The molecular weight excluding hydrogens is 440 g/mol. The molecule has 0 aliphatic rings. The lowest BCUT2D eigenvalue weighted by Crippen LogP contribution is -2.42. The van der Waals surface area contributed by atoms with Gasteiger partial charge in [0.05, 0.1) is 10.6 Å². The van der Waals surface area contributed by atoms with Crippen LogP contribution in [0.3, 0.4) is 0 Å². The Bertz CT molecular complexity index is 1020. The van der Waals surface area contributed by atoms with Crippen molar-refractivity contribution in [1.29, 1.82) is 0 Å². The number of alkyl halides is 1. The molecular formula is C22H18BrClN2O2. The Hall–Kier alpha value is -2.63. The maximum Gasteiger partial charge on any atom is 0.271 e. The van der Waals surface area contributed by atoms with E-state index < -0.39 is 11.8 Å². The fourth-order valence-electron chi connectivity index (χ4n) is 2.89. The number of rotatable bonds is 4. The molecule has 4 nitrogen and oxygen atoms in total. The molecule has 0 saturated heterocycles. The molecule has 3 aromatic rings. The molecule has 0 heterocycles. The molecule has 0 spiro atoms. The van der Waals surface area contributed by atoms with Crippen molar-refractivity contribution < 1.29 is 9.59 Å². The SMILES string of the molecule is Cc1c(C(=O)NNC(=O)c2cc(CBr)ccc2Cl)cccc1-c1ccccc1. The first kappa shape index (κ1) is 20.1. The minimum Gasteiger partial charge on any atom is -0.267 e. The largest absolute Gasteiger partial charge is 0.271 e. The first-order valence-electron chi connectivity index (χ1n) is 8.61. The van der Waals surface area contributed by atoms with Gasteiger partial charge in [0, 0.05) is 10.9 Å². The van der Waals surface area contributed by atoms with E-state index >= 15 is 0 Å². The maximum absolute atomic E-state index is 12.6. The molecule has 3 rings (SSSR count). The molecule has 28 heavy (non-hydrogen) atoms. The third kappa shape index (κ3) is 4.43. The number of nitrogens with one attached hydrogen (secondary N) is 2. The Morgan fingerprint density at radius 1 is 0.893 bits per heavy atom. The summed E-state index contributed by atoms with van der Waals surface area (Å²) in [7, 11) is 0. The highest BCUT2D eigenvalue weighted by Crippen LogP contribution is 2.25. The summed E-state index contributed by atoms with van der Waals surface area (Å²) >= 11 is 9.45. The Balaban J connectivity index is 1.76. The minimum absolute atomic E-state index is 0.300. The molecule has 0 unspecified atom stereocenters. The van der Waals surface area contributed by atoms with Gasteiger partial charge in [-0.25, -0.2) is 0 Å². The van der Waals surface area contributed by atoms with Crippen LogP contribution >= 0.6 is 27.5 Å². The van der Waals surface area contributed by atoms with Crippen LogP contribution < -0.4 is 10.9 Å². The summed E-state index contributed by atoms with van der Waals surface area (Å²) in [6, 6.07) is 20.5. The van der Waals surface area contributed by atoms with Crippen LogP contribution in [0.1, 0.15) is 31.8 Å². The van der Waals surface area contributed by atoms with E-state index in [4.69, 9.17) is 11.6 Å². The van der Waals surface area contributed by atoms with Gasteiger partial charge in [0.15, 0.2) is 0 Å². The summed E-state index contributed by atoms with van der Waals surface area (Å²) in [5.74, 6) is -0.866. The topological polar surface area (TPSA) is 58.2 Å². The Morgan fingerprint density at radius 2 is 1.57 bits per heavy atom. The zero-order chi connectivity index (χ0) is 20.1. The van der Waals surface area contributed by atoms with Crippen LogP contribution in [-0.2, 0) is 5.33 Å². The van der Waals surface area contributed by atoms with Crippen molar-refractivity contribution in [3.05, 3.63) is 94.0 Å². The molecule has 0 bridgehead atoms. The van der Waals surface area contributed by atoms with Gasteiger partial charge in [-0.2, -0.15) is 0 Å². The monoisotopic (exact) mass is 456 g/mol. The van der Waals surface area contributed by atoms with Crippen molar-refractivity contribution >= 4 is 39.3 Å². The average Bonchev–Trinajstić information content (AvgIpc) is 2.73. The summed E-state index contributed by atoms with van der Waals surface area (Å²) in [6.07, 6.45) is 0. The first-order valence-corrected chi connectivity index (χ1v) is 10.1. The lowest BCUT2D eigenvalue weighted by atomic mass is 9.96. The molecule has 0 aliphatic heterocycles. The smallest absolute Gasteiger partial charge is 0.267 e. The second-order valence-electron chi connectivity index (χ2n) is 6.20. The van der Waals surface area contributed by atoms with E-state index in [1.807, 2.05) is 55.5 Å². The molecule has 0 aliphatic carbocycles. The lowest BCUT2D eigenvalue weighted by Gasteiger charge is -2.13. The van der Waals surface area contributed by atoms with Gasteiger partial charge >= 0.3 is 0 Å². The molecule has 3 aromatic carbocycles. The standard InChI is InChI=1S/C22H18BrClN2O2/c1-14-17(16-6-3-2-4-7-16)8-5-9-18(14)21(27)25-26-22(28)19-12-15(13-23)10-11-20(19)24/h2-12H,13H2,1H3,(H,25,27)(H,26,28). The molecule has 0 aromatic heterocycles. The maximum atomic E-state index is 12.6. The molecule has 142 valence electrons. The van der Waals surface area contributed by atoms with Gasteiger partial charge < -0.3 is 0 Å². The highest BCUT2D eigenvalue weighted by molar-refractivity contribution is 9.08. The average molecular weight is 458 g/mol. The van der Waals surface area contributed by atoms with Crippen molar-refractivity contribution in [3.63, 3.8) is 0 Å². The number of hydrogen-bond acceptors (Lipinski definition) is 2. The van der Waals surface area contributed by atoms with E-state index in [9.17, 15) is 9.59 Å². The van der Waals surface area contributed by atoms with E-state index in [-0.39, 0.29) is 0 Å². The summed E-state index contributed by atoms with van der Waals surface area (Å²) < 4.78 is 0. The summed E-state index contributed by atoms with van der Waals surface area (Å²) in [5, 5.41) is 0.918. The van der Waals surface area contributed by atoms with Crippen LogP contribution in [0, 0.1) is 6.92 Å². The molecule has 0 saturated carbocycles. The lowest BCUT2D eigenvalue weighted by molar-refractivity contribution is 0.0846. The van der Waals surface area contributed by atoms with E-state index in [1.54, 1.807) is 18.2 Å². The van der Waals surface area contributed by atoms with Gasteiger partial charge in [-0.1, -0.05) is 76.1 Å². The van der Waals surface area contributed by atoms with Crippen LogP contribution in [0.2, 0.25) is 5.02 Å². The molecule has 0 fully saturated rings. The predicted molar refractivity (Wildman–Crippen MR) is 116 cm³/mol. The van der Waals surface area contributed by atoms with E-state index in [0.29, 0.717) is 21.5 Å². The molecule has 2 N–H and O–H groups in total.